The first-order chi connectivity index (χ1) is 13.6. The summed E-state index contributed by atoms with van der Waals surface area (Å²) in [5.74, 6) is 1.43. The minimum Gasteiger partial charge on any atom is -0.497 e. The summed E-state index contributed by atoms with van der Waals surface area (Å²) in [5.41, 5.74) is 2.06. The zero-order valence-corrected chi connectivity index (χ0v) is 16.9. The van der Waals surface area contributed by atoms with E-state index in [1.165, 1.54) is 0 Å². The number of aromatic nitrogens is 1. The van der Waals surface area contributed by atoms with Gasteiger partial charge in [0, 0.05) is 30.6 Å². The number of hydrogen-bond donors (Lipinski definition) is 1. The van der Waals surface area contributed by atoms with Crippen molar-refractivity contribution in [2.45, 2.75) is 44.7 Å². The van der Waals surface area contributed by atoms with Gasteiger partial charge >= 0.3 is 6.03 Å². The van der Waals surface area contributed by atoms with Crippen LogP contribution in [0.1, 0.15) is 55.8 Å². The number of nitrogens with one attached hydrogen (secondary N) is 1. The molecule has 6 nitrogen and oxygen atoms in total. The van der Waals surface area contributed by atoms with Gasteiger partial charge in [0.15, 0.2) is 0 Å². The van der Waals surface area contributed by atoms with Crippen LogP contribution in [0.3, 0.4) is 0 Å². The number of amides is 2. The van der Waals surface area contributed by atoms with E-state index in [9.17, 15) is 4.79 Å². The van der Waals surface area contributed by atoms with Crippen LogP contribution < -0.4 is 14.8 Å². The van der Waals surface area contributed by atoms with Crippen molar-refractivity contribution in [2.75, 3.05) is 20.8 Å². The molecule has 6 heteroatoms. The van der Waals surface area contributed by atoms with Crippen molar-refractivity contribution in [1.82, 2.24) is 15.2 Å². The Balaban J connectivity index is 1.78. The molecular formula is C22H29N3O3. The first kappa shape index (κ1) is 20.0. The minimum absolute atomic E-state index is 0.0471. The molecule has 2 amide bonds. The maximum absolute atomic E-state index is 13.2. The molecule has 3 rings (SSSR count). The second-order valence-electron chi connectivity index (χ2n) is 7.12. The van der Waals surface area contributed by atoms with Crippen LogP contribution in [-0.4, -0.2) is 36.7 Å². The van der Waals surface area contributed by atoms with Crippen LogP contribution >= 0.6 is 0 Å². The van der Waals surface area contributed by atoms with E-state index >= 15 is 0 Å². The third-order valence-corrected chi connectivity index (χ3v) is 5.35. The van der Waals surface area contributed by atoms with E-state index in [4.69, 9.17) is 9.47 Å². The highest BCUT2D eigenvalue weighted by Gasteiger charge is 2.28. The van der Waals surface area contributed by atoms with Crippen LogP contribution in [-0.2, 0) is 0 Å². The summed E-state index contributed by atoms with van der Waals surface area (Å²) in [6, 6.07) is 9.51. The number of ether oxygens (including phenoxy) is 2. The van der Waals surface area contributed by atoms with Crippen molar-refractivity contribution in [2.24, 2.45) is 0 Å². The summed E-state index contributed by atoms with van der Waals surface area (Å²) in [5, 5.41) is 3.16. The van der Waals surface area contributed by atoms with Crippen molar-refractivity contribution in [3.63, 3.8) is 0 Å². The predicted octanol–water partition coefficient (Wildman–Crippen LogP) is 4.49. The molecule has 2 unspecified atom stereocenters. The predicted molar refractivity (Wildman–Crippen MR) is 109 cm³/mol. The smallest absolute Gasteiger partial charge is 0.318 e. The van der Waals surface area contributed by atoms with Crippen LogP contribution in [0.5, 0.6) is 11.5 Å². The molecule has 1 aromatic carbocycles. The zero-order chi connectivity index (χ0) is 19.9. The number of pyridine rings is 1. The summed E-state index contributed by atoms with van der Waals surface area (Å²) in [4.78, 5) is 19.3. The monoisotopic (exact) mass is 383 g/mol. The van der Waals surface area contributed by atoms with Gasteiger partial charge in [0.2, 0.25) is 0 Å². The van der Waals surface area contributed by atoms with Gasteiger partial charge in [-0.15, -0.1) is 0 Å². The van der Waals surface area contributed by atoms with Gasteiger partial charge in [-0.05, 0) is 49.6 Å². The molecular weight excluding hydrogens is 354 g/mol. The van der Waals surface area contributed by atoms with E-state index in [0.717, 1.165) is 49.1 Å². The maximum Gasteiger partial charge on any atom is 0.318 e. The molecule has 2 heterocycles. The number of nitrogens with zero attached hydrogens (tertiary/aromatic N) is 2. The Morgan fingerprint density at radius 1 is 1.14 bits per heavy atom. The highest BCUT2D eigenvalue weighted by molar-refractivity contribution is 5.75. The Labute approximate surface area is 166 Å². The fraction of sp³-hybridized carbons (Fsp3) is 0.455. The maximum atomic E-state index is 13.2. The van der Waals surface area contributed by atoms with Crippen molar-refractivity contribution in [3.8, 4) is 11.5 Å². The van der Waals surface area contributed by atoms with Gasteiger partial charge in [0.25, 0.3) is 0 Å². The van der Waals surface area contributed by atoms with Crippen LogP contribution in [0.15, 0.2) is 42.7 Å². The lowest BCUT2D eigenvalue weighted by Gasteiger charge is -2.32. The number of benzene rings is 1. The molecule has 0 aliphatic carbocycles. The lowest BCUT2D eigenvalue weighted by Crippen LogP contribution is -2.43. The third-order valence-electron chi connectivity index (χ3n) is 5.35. The standard InChI is InChI=1S/C22H29N3O3/c1-16(19-9-8-18(27-2)15-21(19)28-3)24-22(26)25-14-6-4-5-7-20(25)17-10-12-23-13-11-17/h8-13,15-16,20H,4-7,14H2,1-3H3,(H,24,26). The summed E-state index contributed by atoms with van der Waals surface area (Å²) in [6.07, 6.45) is 7.85. The number of carbonyl (C=O) groups is 1. The minimum atomic E-state index is -0.185. The quantitative estimate of drug-likeness (QED) is 0.826. The normalized spacial score (nSPS) is 18.1. The van der Waals surface area contributed by atoms with Gasteiger partial charge in [-0.2, -0.15) is 0 Å². The van der Waals surface area contributed by atoms with Gasteiger partial charge in [-0.3, -0.25) is 4.98 Å². The second-order valence-corrected chi connectivity index (χ2v) is 7.12. The fourth-order valence-corrected chi connectivity index (χ4v) is 3.81. The molecule has 150 valence electrons. The molecule has 0 saturated carbocycles. The highest BCUT2D eigenvalue weighted by atomic mass is 16.5. The number of hydrogen-bond acceptors (Lipinski definition) is 4. The number of likely N-dealkylation sites (tertiary alicyclic amines) is 1. The Kier molecular flexibility index (Phi) is 6.74. The molecule has 1 aromatic heterocycles. The Bertz CT molecular complexity index is 782. The van der Waals surface area contributed by atoms with Crippen LogP contribution in [0, 0.1) is 0 Å². The number of methoxy groups -OCH3 is 2. The molecule has 0 bridgehead atoms. The zero-order valence-electron chi connectivity index (χ0n) is 16.9. The van der Waals surface area contributed by atoms with Gasteiger partial charge in [0.05, 0.1) is 26.3 Å². The topological polar surface area (TPSA) is 63.7 Å². The summed E-state index contributed by atoms with van der Waals surface area (Å²) >= 11 is 0. The van der Waals surface area contributed by atoms with E-state index in [1.54, 1.807) is 26.6 Å². The van der Waals surface area contributed by atoms with E-state index in [2.05, 4.69) is 10.3 Å². The molecule has 1 aliphatic rings. The highest BCUT2D eigenvalue weighted by Crippen LogP contribution is 2.32. The van der Waals surface area contributed by atoms with E-state index in [1.807, 2.05) is 42.2 Å². The van der Waals surface area contributed by atoms with Crippen molar-refractivity contribution >= 4 is 6.03 Å². The van der Waals surface area contributed by atoms with Crippen LogP contribution in [0.25, 0.3) is 0 Å². The second kappa shape index (κ2) is 9.44. The molecule has 2 atom stereocenters. The van der Waals surface area contributed by atoms with Crippen molar-refractivity contribution in [1.29, 1.82) is 0 Å². The molecule has 0 spiro atoms. The van der Waals surface area contributed by atoms with Crippen molar-refractivity contribution in [3.05, 3.63) is 53.9 Å². The summed E-state index contributed by atoms with van der Waals surface area (Å²) < 4.78 is 10.8. The van der Waals surface area contributed by atoms with Gasteiger partial charge in [-0.25, -0.2) is 4.79 Å². The molecule has 1 N–H and O–H groups in total. The van der Waals surface area contributed by atoms with Crippen LogP contribution in [0.4, 0.5) is 4.79 Å². The van der Waals surface area contributed by atoms with Crippen LogP contribution in [0.2, 0.25) is 0 Å². The molecule has 2 aromatic rings. The average Bonchev–Trinajstić information content (AvgIpc) is 3.00. The fourth-order valence-electron chi connectivity index (χ4n) is 3.81. The molecule has 1 fully saturated rings. The first-order valence-corrected chi connectivity index (χ1v) is 9.83. The Hall–Kier alpha value is -2.76. The first-order valence-electron chi connectivity index (χ1n) is 9.83. The number of rotatable bonds is 5. The van der Waals surface area contributed by atoms with E-state index < -0.39 is 0 Å². The molecule has 28 heavy (non-hydrogen) atoms. The largest absolute Gasteiger partial charge is 0.497 e. The van der Waals surface area contributed by atoms with Gasteiger partial charge in [0.1, 0.15) is 11.5 Å². The van der Waals surface area contributed by atoms with Gasteiger partial charge in [-0.1, -0.05) is 12.8 Å². The number of urea groups is 1. The number of carbonyl (C=O) groups excluding carboxylic acids is 1. The SMILES string of the molecule is COc1ccc(C(C)NC(=O)N2CCCCCC2c2ccncc2)c(OC)c1. The summed E-state index contributed by atoms with van der Waals surface area (Å²) in [6.45, 7) is 2.73. The average molecular weight is 383 g/mol. The Morgan fingerprint density at radius 2 is 1.93 bits per heavy atom. The van der Waals surface area contributed by atoms with E-state index in [-0.39, 0.29) is 18.1 Å². The lowest BCUT2D eigenvalue weighted by atomic mass is 10.0. The molecule has 0 radical (unpaired) electrons. The van der Waals surface area contributed by atoms with E-state index in [0.29, 0.717) is 5.75 Å². The van der Waals surface area contributed by atoms with Crippen molar-refractivity contribution < 1.29 is 14.3 Å². The van der Waals surface area contributed by atoms with Gasteiger partial charge < -0.3 is 19.7 Å². The summed E-state index contributed by atoms with van der Waals surface area (Å²) in [7, 11) is 3.25. The lowest BCUT2D eigenvalue weighted by molar-refractivity contribution is 0.172. The molecule has 1 aliphatic heterocycles. The molecule has 1 saturated heterocycles. The Morgan fingerprint density at radius 3 is 2.64 bits per heavy atom. The third kappa shape index (κ3) is 4.55.